The minimum Gasteiger partial charge on any atom is -0.454 e. The zero-order chi connectivity index (χ0) is 39.6. The fourth-order valence-electron chi connectivity index (χ4n) is 8.61. The minimum atomic E-state index is 0.679. The summed E-state index contributed by atoms with van der Waals surface area (Å²) in [6, 6.07) is 70.2. The van der Waals surface area contributed by atoms with E-state index in [0.29, 0.717) is 5.82 Å². The van der Waals surface area contributed by atoms with Crippen LogP contribution in [0.5, 0.6) is 0 Å². The van der Waals surface area contributed by atoms with Crippen LogP contribution in [0.25, 0.3) is 120 Å². The predicted molar refractivity (Wildman–Crippen MR) is 250 cm³/mol. The highest BCUT2D eigenvalue weighted by Crippen LogP contribution is 2.42. The third-order valence-corrected chi connectivity index (χ3v) is 12.6. The molecule has 0 unspecified atom stereocenters. The molecule has 12 rings (SSSR count). The van der Waals surface area contributed by atoms with Gasteiger partial charge in [-0.3, -0.25) is 0 Å². The van der Waals surface area contributed by atoms with E-state index in [0.717, 1.165) is 88.9 Å². The average molecular weight is 784 g/mol. The third-order valence-electron chi connectivity index (χ3n) is 11.5. The van der Waals surface area contributed by atoms with Crippen molar-refractivity contribution in [3.63, 3.8) is 0 Å². The van der Waals surface area contributed by atoms with E-state index in [1.165, 1.54) is 25.7 Å². The van der Waals surface area contributed by atoms with Gasteiger partial charge in [-0.15, -0.1) is 11.3 Å². The second kappa shape index (κ2) is 14.0. The monoisotopic (exact) mass is 783 g/mol. The molecule has 4 nitrogen and oxygen atoms in total. The maximum atomic E-state index is 6.60. The van der Waals surface area contributed by atoms with Crippen LogP contribution in [-0.2, 0) is 0 Å². The Kier molecular flexibility index (Phi) is 8.00. The lowest BCUT2D eigenvalue weighted by atomic mass is 9.96. The van der Waals surface area contributed by atoms with Crippen molar-refractivity contribution in [3.8, 4) is 67.4 Å². The molecule has 12 aromatic rings. The average Bonchev–Trinajstić information content (AvgIpc) is 3.91. The summed E-state index contributed by atoms with van der Waals surface area (Å²) in [5.41, 5.74) is 13.7. The van der Waals surface area contributed by atoms with Gasteiger partial charge in [0.25, 0.3) is 0 Å². The van der Waals surface area contributed by atoms with Crippen molar-refractivity contribution in [3.05, 3.63) is 200 Å². The van der Waals surface area contributed by atoms with Crippen LogP contribution in [0, 0.1) is 0 Å². The first kappa shape index (κ1) is 34.3. The van der Waals surface area contributed by atoms with Crippen molar-refractivity contribution in [2.45, 2.75) is 0 Å². The van der Waals surface area contributed by atoms with Crippen LogP contribution < -0.4 is 0 Å². The van der Waals surface area contributed by atoms with Gasteiger partial charge in [0.15, 0.2) is 11.4 Å². The Balaban J connectivity index is 0.985. The van der Waals surface area contributed by atoms with Crippen LogP contribution in [0.4, 0.5) is 0 Å². The normalized spacial score (nSPS) is 11.7. The SMILES string of the molecule is c1ccc(-c2ccc3c(c2)nc(-c2ccc(-c4cc(-c5cccc(-c6cccc7sc8ccccc8c67)c5)nc(-c5ccccc5)n4)cc2)c2oc4ccccc4c23)cc1. The van der Waals surface area contributed by atoms with Gasteiger partial charge in [0.1, 0.15) is 11.3 Å². The number of pyridine rings is 1. The van der Waals surface area contributed by atoms with Gasteiger partial charge in [-0.05, 0) is 58.7 Å². The van der Waals surface area contributed by atoms with E-state index < -0.39 is 0 Å². The summed E-state index contributed by atoms with van der Waals surface area (Å²) in [7, 11) is 0. The number of para-hydroxylation sites is 1. The molecule has 4 aromatic heterocycles. The van der Waals surface area contributed by atoms with Crippen LogP contribution in [0.1, 0.15) is 0 Å². The lowest BCUT2D eigenvalue weighted by Gasteiger charge is -2.12. The number of fused-ring (bicyclic) bond motifs is 8. The molecule has 0 saturated heterocycles. The molecule has 8 aromatic carbocycles. The molecule has 0 N–H and O–H groups in total. The highest BCUT2D eigenvalue weighted by Gasteiger charge is 2.19. The molecule has 4 heterocycles. The second-order valence-corrected chi connectivity index (χ2v) is 16.2. The van der Waals surface area contributed by atoms with Gasteiger partial charge in [0.2, 0.25) is 0 Å². The first-order chi connectivity index (χ1) is 29.7. The standard InChI is InChI=1S/C55H33N3OS/c1-3-13-34(14-4-1)38-29-30-42-47(32-38)56-53(54-52(42)43-19-7-9-22-48(43)59-54)36-27-25-35(26-28-36)45-33-46(58-55(57-45)37-15-5-2-6-16-37)40-18-11-17-39(31-40)41-21-12-24-50-51(41)44-20-8-10-23-49(44)60-50/h1-33H. The smallest absolute Gasteiger partial charge is 0.162 e. The molecule has 0 radical (unpaired) electrons. The lowest BCUT2D eigenvalue weighted by Crippen LogP contribution is -1.96. The largest absolute Gasteiger partial charge is 0.454 e. The number of aromatic nitrogens is 3. The Morgan fingerprint density at radius 1 is 0.367 bits per heavy atom. The fraction of sp³-hybridized carbons (Fsp3) is 0. The van der Waals surface area contributed by atoms with Gasteiger partial charge in [-0.2, -0.15) is 0 Å². The Morgan fingerprint density at radius 3 is 1.83 bits per heavy atom. The molecule has 0 aliphatic carbocycles. The van der Waals surface area contributed by atoms with Crippen LogP contribution in [0.15, 0.2) is 205 Å². The van der Waals surface area contributed by atoms with Gasteiger partial charge in [0, 0.05) is 58.6 Å². The number of furan rings is 1. The summed E-state index contributed by atoms with van der Waals surface area (Å²) < 4.78 is 9.19. The van der Waals surface area contributed by atoms with Crippen molar-refractivity contribution >= 4 is 64.4 Å². The van der Waals surface area contributed by atoms with Crippen LogP contribution in [0.3, 0.4) is 0 Å². The Labute approximate surface area is 349 Å². The van der Waals surface area contributed by atoms with Gasteiger partial charge in [-0.25, -0.2) is 15.0 Å². The summed E-state index contributed by atoms with van der Waals surface area (Å²) in [6.07, 6.45) is 0. The summed E-state index contributed by atoms with van der Waals surface area (Å²) in [6.45, 7) is 0. The van der Waals surface area contributed by atoms with Crippen molar-refractivity contribution < 1.29 is 4.42 Å². The van der Waals surface area contributed by atoms with Crippen molar-refractivity contribution in [1.29, 1.82) is 0 Å². The number of hydrogen-bond acceptors (Lipinski definition) is 5. The van der Waals surface area contributed by atoms with Crippen molar-refractivity contribution in [1.82, 2.24) is 15.0 Å². The predicted octanol–water partition coefficient (Wildman–Crippen LogP) is 15.3. The summed E-state index contributed by atoms with van der Waals surface area (Å²) in [5.74, 6) is 0.679. The molecule has 60 heavy (non-hydrogen) atoms. The third kappa shape index (κ3) is 5.78. The first-order valence-electron chi connectivity index (χ1n) is 20.1. The molecule has 0 aliphatic rings. The fourth-order valence-corrected chi connectivity index (χ4v) is 9.74. The molecule has 0 spiro atoms. The maximum absolute atomic E-state index is 6.60. The quantitative estimate of drug-likeness (QED) is 0.169. The summed E-state index contributed by atoms with van der Waals surface area (Å²) in [5, 5.41) is 5.81. The molecule has 0 amide bonds. The molecule has 0 bridgehead atoms. The molecular weight excluding hydrogens is 751 g/mol. The maximum Gasteiger partial charge on any atom is 0.162 e. The Hall–Kier alpha value is -7.73. The molecule has 280 valence electrons. The van der Waals surface area contributed by atoms with Crippen LogP contribution in [0.2, 0.25) is 0 Å². The number of rotatable bonds is 6. The number of benzene rings is 8. The molecule has 0 saturated carbocycles. The van der Waals surface area contributed by atoms with Gasteiger partial charge >= 0.3 is 0 Å². The van der Waals surface area contributed by atoms with Gasteiger partial charge in [0.05, 0.1) is 16.9 Å². The van der Waals surface area contributed by atoms with Crippen molar-refractivity contribution in [2.75, 3.05) is 0 Å². The zero-order valence-corrected chi connectivity index (χ0v) is 33.0. The summed E-state index contributed by atoms with van der Waals surface area (Å²) in [4.78, 5) is 15.7. The first-order valence-corrected chi connectivity index (χ1v) is 20.9. The van der Waals surface area contributed by atoms with E-state index in [1.54, 1.807) is 0 Å². The highest BCUT2D eigenvalue weighted by atomic mass is 32.1. The van der Waals surface area contributed by atoms with E-state index in [2.05, 4.69) is 164 Å². The second-order valence-electron chi connectivity index (χ2n) is 15.1. The topological polar surface area (TPSA) is 51.8 Å². The Bertz CT molecular complexity index is 3590. The number of thiophene rings is 1. The molecule has 0 atom stereocenters. The van der Waals surface area contributed by atoms with E-state index in [-0.39, 0.29) is 0 Å². The number of hydrogen-bond donors (Lipinski definition) is 0. The Morgan fingerprint density at radius 2 is 1.00 bits per heavy atom. The van der Waals surface area contributed by atoms with Gasteiger partial charge in [-0.1, -0.05) is 164 Å². The molecular formula is C55H33N3OS. The van der Waals surface area contributed by atoms with E-state index in [9.17, 15) is 0 Å². The van der Waals surface area contributed by atoms with E-state index in [1.807, 2.05) is 47.7 Å². The van der Waals surface area contributed by atoms with Crippen LogP contribution in [-0.4, -0.2) is 15.0 Å². The zero-order valence-electron chi connectivity index (χ0n) is 32.2. The summed E-state index contributed by atoms with van der Waals surface area (Å²) >= 11 is 1.84. The van der Waals surface area contributed by atoms with E-state index >= 15 is 0 Å². The molecule has 0 aliphatic heterocycles. The number of nitrogens with zero attached hydrogens (tertiary/aromatic N) is 3. The van der Waals surface area contributed by atoms with Crippen LogP contribution >= 0.6 is 11.3 Å². The highest BCUT2D eigenvalue weighted by molar-refractivity contribution is 7.25. The molecule has 0 fully saturated rings. The minimum absolute atomic E-state index is 0.679. The van der Waals surface area contributed by atoms with E-state index in [4.69, 9.17) is 19.4 Å². The van der Waals surface area contributed by atoms with Crippen molar-refractivity contribution in [2.24, 2.45) is 0 Å². The molecule has 5 heteroatoms. The lowest BCUT2D eigenvalue weighted by molar-refractivity contribution is 0.669. The van der Waals surface area contributed by atoms with Gasteiger partial charge < -0.3 is 4.42 Å².